The molecule has 0 aromatic heterocycles. The maximum atomic E-state index is 4.33. The molecular formula is C10H16N4. The molecule has 0 aromatic carbocycles. The Bertz CT molecular complexity index is 276. The van der Waals surface area contributed by atoms with E-state index in [0.717, 1.165) is 11.4 Å². The highest BCUT2D eigenvalue weighted by Gasteiger charge is 2.06. The van der Waals surface area contributed by atoms with Crippen LogP contribution in [0.5, 0.6) is 0 Å². The molecule has 1 aliphatic carbocycles. The average Bonchev–Trinajstić information content (AvgIpc) is 2.06. The number of nitrogens with zero attached hydrogens (tertiary/aromatic N) is 4. The second kappa shape index (κ2) is 4.60. The fourth-order valence-electron chi connectivity index (χ4n) is 1.06. The van der Waals surface area contributed by atoms with E-state index in [-0.39, 0.29) is 0 Å². The van der Waals surface area contributed by atoms with Crippen LogP contribution in [0.1, 0.15) is 0 Å². The van der Waals surface area contributed by atoms with E-state index in [0.29, 0.717) is 0 Å². The first-order valence-electron chi connectivity index (χ1n) is 4.46. The lowest BCUT2D eigenvalue weighted by Crippen LogP contribution is -2.19. The van der Waals surface area contributed by atoms with Gasteiger partial charge in [-0.15, -0.1) is 0 Å². The first kappa shape index (κ1) is 10.5. The van der Waals surface area contributed by atoms with Crippen molar-refractivity contribution in [3.05, 3.63) is 24.3 Å². The molecule has 76 valence electrons. The third-order valence-electron chi connectivity index (χ3n) is 1.50. The normalized spacial score (nSPS) is 20.6. The summed E-state index contributed by atoms with van der Waals surface area (Å²) in [5.41, 5.74) is 1.76. The van der Waals surface area contributed by atoms with E-state index in [4.69, 9.17) is 0 Å². The fraction of sp³-hybridized carbons (Fsp3) is 0.400. The SMILES string of the molecule is CN(C)N=C1C=CC=CC1=NN(C)C. The fourth-order valence-corrected chi connectivity index (χ4v) is 1.06. The highest BCUT2D eigenvalue weighted by molar-refractivity contribution is 6.50. The Morgan fingerprint density at radius 1 is 0.786 bits per heavy atom. The minimum absolute atomic E-state index is 0.881. The molecule has 0 aliphatic heterocycles. The van der Waals surface area contributed by atoms with Gasteiger partial charge >= 0.3 is 0 Å². The smallest absolute Gasteiger partial charge is 0.111 e. The molecule has 0 aromatic rings. The van der Waals surface area contributed by atoms with Crippen molar-refractivity contribution >= 4 is 11.4 Å². The van der Waals surface area contributed by atoms with Crippen LogP contribution in [0.4, 0.5) is 0 Å². The van der Waals surface area contributed by atoms with Gasteiger partial charge in [0.2, 0.25) is 0 Å². The van der Waals surface area contributed by atoms with E-state index >= 15 is 0 Å². The molecule has 4 nitrogen and oxygen atoms in total. The van der Waals surface area contributed by atoms with Crippen LogP contribution in [0.25, 0.3) is 0 Å². The van der Waals surface area contributed by atoms with Gasteiger partial charge < -0.3 is 10.0 Å². The van der Waals surface area contributed by atoms with Crippen molar-refractivity contribution in [1.29, 1.82) is 0 Å². The summed E-state index contributed by atoms with van der Waals surface area (Å²) in [7, 11) is 7.58. The number of rotatable bonds is 2. The molecule has 0 heterocycles. The highest BCUT2D eigenvalue weighted by atomic mass is 15.4. The third-order valence-corrected chi connectivity index (χ3v) is 1.50. The van der Waals surface area contributed by atoms with Crippen LogP contribution in [0.15, 0.2) is 34.5 Å². The molecule has 4 heteroatoms. The van der Waals surface area contributed by atoms with Crippen LogP contribution in [0, 0.1) is 0 Å². The molecule has 1 rings (SSSR count). The van der Waals surface area contributed by atoms with E-state index in [1.54, 1.807) is 10.0 Å². The van der Waals surface area contributed by atoms with Crippen LogP contribution in [0.2, 0.25) is 0 Å². The minimum atomic E-state index is 0.881. The average molecular weight is 192 g/mol. The summed E-state index contributed by atoms with van der Waals surface area (Å²) in [6.07, 6.45) is 7.80. The Balaban J connectivity index is 2.93. The summed E-state index contributed by atoms with van der Waals surface area (Å²) in [6, 6.07) is 0. The van der Waals surface area contributed by atoms with Crippen LogP contribution < -0.4 is 0 Å². The summed E-state index contributed by atoms with van der Waals surface area (Å²) in [6.45, 7) is 0. The molecule has 0 bridgehead atoms. The molecular weight excluding hydrogens is 176 g/mol. The molecule has 14 heavy (non-hydrogen) atoms. The molecule has 0 saturated heterocycles. The number of hydrogen-bond acceptors (Lipinski definition) is 4. The lowest BCUT2D eigenvalue weighted by Gasteiger charge is -2.12. The van der Waals surface area contributed by atoms with Gasteiger partial charge in [-0.05, 0) is 12.2 Å². The Kier molecular flexibility index (Phi) is 3.45. The molecule has 0 saturated carbocycles. The van der Waals surface area contributed by atoms with Crippen molar-refractivity contribution in [3.63, 3.8) is 0 Å². The van der Waals surface area contributed by atoms with E-state index in [9.17, 15) is 0 Å². The quantitative estimate of drug-likeness (QED) is 0.482. The van der Waals surface area contributed by atoms with Gasteiger partial charge in [-0.3, -0.25) is 0 Å². The van der Waals surface area contributed by atoms with E-state index in [1.165, 1.54) is 0 Å². The van der Waals surface area contributed by atoms with Crippen LogP contribution in [0.3, 0.4) is 0 Å². The Hall–Kier alpha value is -1.58. The monoisotopic (exact) mass is 192 g/mol. The molecule has 0 spiro atoms. The third kappa shape index (κ3) is 3.05. The molecule has 0 N–H and O–H groups in total. The number of allylic oxidation sites excluding steroid dienone is 4. The Morgan fingerprint density at radius 3 is 1.43 bits per heavy atom. The van der Waals surface area contributed by atoms with Crippen molar-refractivity contribution in [2.45, 2.75) is 0 Å². The maximum absolute atomic E-state index is 4.33. The second-order valence-electron chi connectivity index (χ2n) is 3.38. The van der Waals surface area contributed by atoms with Gasteiger partial charge in [0.25, 0.3) is 0 Å². The largest absolute Gasteiger partial charge is 0.303 e. The van der Waals surface area contributed by atoms with Gasteiger partial charge in [0.15, 0.2) is 0 Å². The van der Waals surface area contributed by atoms with Crippen molar-refractivity contribution in [2.75, 3.05) is 28.2 Å². The summed E-state index contributed by atoms with van der Waals surface area (Å²) in [5.74, 6) is 0. The number of hydrazone groups is 2. The zero-order valence-corrected chi connectivity index (χ0v) is 9.10. The van der Waals surface area contributed by atoms with Crippen LogP contribution in [-0.4, -0.2) is 49.6 Å². The lowest BCUT2D eigenvalue weighted by atomic mass is 10.1. The summed E-state index contributed by atoms with van der Waals surface area (Å²) >= 11 is 0. The zero-order chi connectivity index (χ0) is 10.6. The highest BCUT2D eigenvalue weighted by Crippen LogP contribution is 2.00. The standard InChI is InChI=1S/C10H16N4/c1-13(2)11-9-7-5-6-8-10(9)12-14(3)4/h5-8H,1-4H3. The maximum Gasteiger partial charge on any atom is 0.111 e. The Morgan fingerprint density at radius 2 is 1.14 bits per heavy atom. The van der Waals surface area contributed by atoms with E-state index in [2.05, 4.69) is 10.2 Å². The molecule has 0 atom stereocenters. The Labute approximate surface area is 84.9 Å². The first-order chi connectivity index (χ1) is 6.59. The minimum Gasteiger partial charge on any atom is -0.303 e. The van der Waals surface area contributed by atoms with Gasteiger partial charge in [0.05, 0.1) is 0 Å². The van der Waals surface area contributed by atoms with Gasteiger partial charge in [-0.25, -0.2) is 0 Å². The van der Waals surface area contributed by atoms with Crippen molar-refractivity contribution in [3.8, 4) is 0 Å². The van der Waals surface area contributed by atoms with E-state index < -0.39 is 0 Å². The molecule has 0 amide bonds. The summed E-state index contributed by atoms with van der Waals surface area (Å²) < 4.78 is 0. The lowest BCUT2D eigenvalue weighted by molar-refractivity contribution is 0.434. The van der Waals surface area contributed by atoms with Gasteiger partial charge in [-0.2, -0.15) is 10.2 Å². The van der Waals surface area contributed by atoms with Gasteiger partial charge in [0.1, 0.15) is 11.4 Å². The topological polar surface area (TPSA) is 31.2 Å². The van der Waals surface area contributed by atoms with Gasteiger partial charge in [0, 0.05) is 28.2 Å². The molecule has 0 radical (unpaired) electrons. The van der Waals surface area contributed by atoms with Crippen molar-refractivity contribution in [1.82, 2.24) is 10.0 Å². The van der Waals surface area contributed by atoms with Crippen LogP contribution >= 0.6 is 0 Å². The van der Waals surface area contributed by atoms with Crippen LogP contribution in [-0.2, 0) is 0 Å². The second-order valence-corrected chi connectivity index (χ2v) is 3.38. The zero-order valence-electron chi connectivity index (χ0n) is 9.10. The molecule has 0 unspecified atom stereocenters. The van der Waals surface area contributed by atoms with E-state index in [1.807, 2.05) is 52.5 Å². The van der Waals surface area contributed by atoms with Crippen molar-refractivity contribution in [2.24, 2.45) is 10.2 Å². The predicted molar refractivity (Wildman–Crippen MR) is 60.5 cm³/mol. The molecule has 1 aliphatic rings. The van der Waals surface area contributed by atoms with Gasteiger partial charge in [-0.1, -0.05) is 12.2 Å². The van der Waals surface area contributed by atoms with Crippen molar-refractivity contribution < 1.29 is 0 Å². The predicted octanol–water partition coefficient (Wildman–Crippen LogP) is 0.948. The first-order valence-corrected chi connectivity index (χ1v) is 4.46. The summed E-state index contributed by atoms with van der Waals surface area (Å²) in [4.78, 5) is 0. The molecule has 0 fully saturated rings. The number of hydrogen-bond donors (Lipinski definition) is 0. The summed E-state index contributed by atoms with van der Waals surface area (Å²) in [5, 5.41) is 12.2.